The summed E-state index contributed by atoms with van der Waals surface area (Å²) in [7, 11) is 0. The number of rotatable bonds is 5. The molecule has 0 bridgehead atoms. The molecule has 1 aliphatic carbocycles. The highest BCUT2D eigenvalue weighted by Gasteiger charge is 2.44. The first-order valence-corrected chi connectivity index (χ1v) is 10.9. The minimum atomic E-state index is -5.23. The van der Waals surface area contributed by atoms with Gasteiger partial charge < -0.3 is 14.6 Å². The molecule has 13 heteroatoms. The molecule has 0 aromatic heterocycles. The number of alkyl halides is 3. The Morgan fingerprint density at radius 1 is 1.17 bits per heavy atom. The third-order valence-corrected chi connectivity index (χ3v) is 6.18. The van der Waals surface area contributed by atoms with Gasteiger partial charge in [0.15, 0.2) is 11.5 Å². The number of esters is 2. The van der Waals surface area contributed by atoms with Crippen LogP contribution in [0.15, 0.2) is 21.7 Å². The number of hydrogen-bond acceptors (Lipinski definition) is 8. The Kier molecular flexibility index (Phi) is 6.45. The molecule has 2 N–H and O–H groups in total. The standard InChI is InChI=1S/C22H22F3N5O5/c1-10-7-14-15(8-11(10)2)30(17-16(27-14)18(31)29-21(34)28-17)6-5-26-13-4-3-12(9-13)19(32)35-20(33)22(23,24)25/h7-8,12-13,26H,3-6,9H2,1-2H3,(H,29,31,34). The molecule has 2 unspecified atom stereocenters. The van der Waals surface area contributed by atoms with Crippen LogP contribution in [0.3, 0.4) is 0 Å². The number of nitrogens with one attached hydrogen (secondary N) is 2. The normalized spacial score (nSPS) is 18.3. The molecule has 1 aromatic rings. The zero-order chi connectivity index (χ0) is 25.5. The molecule has 1 aromatic carbocycles. The maximum absolute atomic E-state index is 12.3. The Bertz CT molecular complexity index is 1400. The molecule has 2 atom stereocenters. The first-order chi connectivity index (χ1) is 16.4. The van der Waals surface area contributed by atoms with Crippen LogP contribution < -0.4 is 16.6 Å². The van der Waals surface area contributed by atoms with Crippen LogP contribution in [0.2, 0.25) is 0 Å². The quantitative estimate of drug-likeness (QED) is 0.311. The molecule has 186 valence electrons. The van der Waals surface area contributed by atoms with E-state index in [1.807, 2.05) is 26.0 Å². The Morgan fingerprint density at radius 2 is 1.89 bits per heavy atom. The Labute approximate surface area is 195 Å². The van der Waals surface area contributed by atoms with E-state index in [-0.39, 0.29) is 30.4 Å². The molecule has 0 radical (unpaired) electrons. The fourth-order valence-electron chi connectivity index (χ4n) is 4.27. The predicted octanol–water partition coefficient (Wildman–Crippen LogP) is 1.59. The third-order valence-electron chi connectivity index (χ3n) is 6.18. The summed E-state index contributed by atoms with van der Waals surface area (Å²) in [4.78, 5) is 57.5. The van der Waals surface area contributed by atoms with Gasteiger partial charge in [-0.25, -0.2) is 14.6 Å². The number of fused-ring (bicyclic) bond motifs is 2. The first-order valence-electron chi connectivity index (χ1n) is 10.9. The minimum Gasteiger partial charge on any atom is -0.386 e. The second-order valence-corrected chi connectivity index (χ2v) is 8.60. The molecular formula is C22H22F3N5O5. The highest BCUT2D eigenvalue weighted by molar-refractivity contribution is 5.89. The largest absolute Gasteiger partial charge is 0.491 e. The van der Waals surface area contributed by atoms with E-state index in [1.54, 1.807) is 4.57 Å². The van der Waals surface area contributed by atoms with E-state index in [4.69, 9.17) is 0 Å². The predicted molar refractivity (Wildman–Crippen MR) is 117 cm³/mol. The van der Waals surface area contributed by atoms with Crippen LogP contribution in [-0.4, -0.2) is 50.2 Å². The van der Waals surface area contributed by atoms with Crippen LogP contribution in [0, 0.1) is 19.8 Å². The Balaban J connectivity index is 1.50. The smallest absolute Gasteiger partial charge is 0.386 e. The van der Waals surface area contributed by atoms with Crippen molar-refractivity contribution in [2.24, 2.45) is 5.92 Å². The molecular weight excluding hydrogens is 471 g/mol. The fourth-order valence-corrected chi connectivity index (χ4v) is 4.27. The van der Waals surface area contributed by atoms with Crippen LogP contribution in [0.5, 0.6) is 0 Å². The van der Waals surface area contributed by atoms with Gasteiger partial charge in [-0.15, -0.1) is 0 Å². The summed E-state index contributed by atoms with van der Waals surface area (Å²) in [6.07, 6.45) is -4.22. The average Bonchev–Trinajstić information content (AvgIpc) is 3.23. The summed E-state index contributed by atoms with van der Waals surface area (Å²) >= 11 is 0. The van der Waals surface area contributed by atoms with Crippen molar-refractivity contribution in [3.05, 3.63) is 44.1 Å². The zero-order valence-electron chi connectivity index (χ0n) is 18.9. The second-order valence-electron chi connectivity index (χ2n) is 8.60. The van der Waals surface area contributed by atoms with Gasteiger partial charge in [0.1, 0.15) is 0 Å². The van der Waals surface area contributed by atoms with Gasteiger partial charge in [-0.2, -0.15) is 18.2 Å². The number of carbonyl (C=O) groups is 2. The van der Waals surface area contributed by atoms with E-state index in [9.17, 15) is 32.3 Å². The maximum Gasteiger partial charge on any atom is 0.491 e. The van der Waals surface area contributed by atoms with Crippen LogP contribution in [0.1, 0.15) is 30.4 Å². The van der Waals surface area contributed by atoms with Crippen molar-refractivity contribution in [1.82, 2.24) is 24.8 Å². The van der Waals surface area contributed by atoms with Gasteiger partial charge in [0.05, 0.1) is 17.0 Å². The monoisotopic (exact) mass is 493 g/mol. The van der Waals surface area contributed by atoms with Crippen molar-refractivity contribution >= 4 is 23.0 Å². The molecule has 0 amide bonds. The summed E-state index contributed by atoms with van der Waals surface area (Å²) in [5.74, 6) is -4.38. The van der Waals surface area contributed by atoms with Crippen LogP contribution >= 0.6 is 0 Å². The van der Waals surface area contributed by atoms with E-state index in [2.05, 4.69) is 25.0 Å². The topological polar surface area (TPSA) is 136 Å². The SMILES string of the molecule is Cc1cc2nc3c(=O)[nH]c(=O)nc-3n(CCNC3CCC(C(=O)OC(=O)C(F)(F)F)C3)c2cc1C. The van der Waals surface area contributed by atoms with Crippen molar-refractivity contribution < 1.29 is 27.5 Å². The molecule has 0 saturated heterocycles. The highest BCUT2D eigenvalue weighted by atomic mass is 19.4. The summed E-state index contributed by atoms with van der Waals surface area (Å²) in [6, 6.07) is 3.54. The Morgan fingerprint density at radius 3 is 2.60 bits per heavy atom. The van der Waals surface area contributed by atoms with E-state index in [0.717, 1.165) is 11.1 Å². The lowest BCUT2D eigenvalue weighted by atomic mass is 10.1. The van der Waals surface area contributed by atoms with Crippen LogP contribution in [-0.2, 0) is 20.9 Å². The lowest BCUT2D eigenvalue weighted by Gasteiger charge is -2.19. The number of carbonyl (C=O) groups excluding carboxylic acids is 2. The van der Waals surface area contributed by atoms with Gasteiger partial charge in [0, 0.05) is 19.1 Å². The summed E-state index contributed by atoms with van der Waals surface area (Å²) in [5.41, 5.74) is 1.79. The number of aromatic amines is 1. The molecule has 2 aliphatic heterocycles. The van der Waals surface area contributed by atoms with Gasteiger partial charge in [0.25, 0.3) is 5.56 Å². The van der Waals surface area contributed by atoms with E-state index >= 15 is 0 Å². The third kappa shape index (κ3) is 5.09. The highest BCUT2D eigenvalue weighted by Crippen LogP contribution is 2.28. The van der Waals surface area contributed by atoms with E-state index < -0.39 is 35.3 Å². The van der Waals surface area contributed by atoms with Crippen molar-refractivity contribution in [1.29, 1.82) is 0 Å². The summed E-state index contributed by atoms with van der Waals surface area (Å²) < 4.78 is 42.7. The minimum absolute atomic E-state index is 0.0263. The lowest BCUT2D eigenvalue weighted by molar-refractivity contribution is -0.203. The average molecular weight is 493 g/mol. The molecule has 3 aliphatic rings. The molecule has 1 fully saturated rings. The zero-order valence-corrected chi connectivity index (χ0v) is 18.9. The molecule has 10 nitrogen and oxygen atoms in total. The number of H-pyrrole nitrogens is 1. The first kappa shape index (κ1) is 24.5. The number of benzene rings is 1. The number of ether oxygens (including phenoxy) is 1. The second kappa shape index (κ2) is 9.21. The molecule has 4 rings (SSSR count). The molecule has 0 spiro atoms. The van der Waals surface area contributed by atoms with Crippen molar-refractivity contribution in [2.75, 3.05) is 6.54 Å². The Hall–Kier alpha value is -3.61. The van der Waals surface area contributed by atoms with E-state index in [0.29, 0.717) is 30.5 Å². The van der Waals surface area contributed by atoms with E-state index in [1.165, 1.54) is 0 Å². The van der Waals surface area contributed by atoms with Gasteiger partial charge in [0.2, 0.25) is 0 Å². The summed E-state index contributed by atoms with van der Waals surface area (Å²) in [6.45, 7) is 4.49. The number of aromatic nitrogens is 4. The molecule has 1 saturated carbocycles. The van der Waals surface area contributed by atoms with Crippen molar-refractivity contribution in [3.8, 4) is 11.5 Å². The lowest BCUT2D eigenvalue weighted by Crippen LogP contribution is -2.33. The van der Waals surface area contributed by atoms with Crippen molar-refractivity contribution in [2.45, 2.75) is 51.9 Å². The maximum atomic E-state index is 12.3. The number of hydrogen-bond donors (Lipinski definition) is 2. The molecule has 35 heavy (non-hydrogen) atoms. The van der Waals surface area contributed by atoms with Gasteiger partial charge in [-0.05, 0) is 56.4 Å². The number of aryl methyl sites for hydroxylation is 2. The number of halogens is 3. The fraction of sp³-hybridized carbons (Fsp3) is 0.455. The number of nitrogens with zero attached hydrogens (tertiary/aromatic N) is 3. The van der Waals surface area contributed by atoms with Crippen LogP contribution in [0.25, 0.3) is 22.6 Å². The van der Waals surface area contributed by atoms with Gasteiger partial charge in [-0.3, -0.25) is 14.6 Å². The van der Waals surface area contributed by atoms with Crippen LogP contribution in [0.4, 0.5) is 13.2 Å². The van der Waals surface area contributed by atoms with Gasteiger partial charge in [-0.1, -0.05) is 0 Å². The molecule has 2 heterocycles. The van der Waals surface area contributed by atoms with Gasteiger partial charge >= 0.3 is 23.8 Å². The van der Waals surface area contributed by atoms with Crippen molar-refractivity contribution in [3.63, 3.8) is 0 Å². The summed E-state index contributed by atoms with van der Waals surface area (Å²) in [5, 5.41) is 3.24.